The molecule has 0 bridgehead atoms. The number of hydrogen-bond acceptors (Lipinski definition) is 1. The summed E-state index contributed by atoms with van der Waals surface area (Å²) in [5.41, 5.74) is 0. The molecule has 0 amide bonds. The molecule has 0 aromatic rings. The van der Waals surface area contributed by atoms with Gasteiger partial charge in [0, 0.05) is 0 Å². The van der Waals surface area contributed by atoms with Gasteiger partial charge in [-0.2, -0.15) is 0 Å². The van der Waals surface area contributed by atoms with Crippen LogP contribution in [0.25, 0.3) is 0 Å². The van der Waals surface area contributed by atoms with Crippen molar-refractivity contribution in [1.82, 2.24) is 4.90 Å². The van der Waals surface area contributed by atoms with Gasteiger partial charge < -0.3 is 0 Å². The standard InChI is InChI=1S/C6H12N.CH3.Pb/c1-2-7-5-3-4-6-7;;/h2H,3-6H2,1H3;1H3;. The topological polar surface area (TPSA) is 3.24 Å². The van der Waals surface area contributed by atoms with Gasteiger partial charge >= 0.3 is 70.1 Å². The number of rotatable bonds is 2. The molecule has 9 heavy (non-hydrogen) atoms. The van der Waals surface area contributed by atoms with Crippen molar-refractivity contribution in [1.29, 1.82) is 0 Å². The molecule has 1 atom stereocenters. The summed E-state index contributed by atoms with van der Waals surface area (Å²) in [5.74, 6) is 0. The van der Waals surface area contributed by atoms with Crippen molar-refractivity contribution < 1.29 is 0 Å². The van der Waals surface area contributed by atoms with Crippen molar-refractivity contribution in [3.05, 3.63) is 0 Å². The van der Waals surface area contributed by atoms with E-state index in [2.05, 4.69) is 16.3 Å². The van der Waals surface area contributed by atoms with Gasteiger partial charge in [-0.05, 0) is 0 Å². The maximum absolute atomic E-state index is 2.67. The number of likely N-dealkylation sites (tertiary alicyclic amines) is 1. The van der Waals surface area contributed by atoms with E-state index < -0.39 is 0 Å². The van der Waals surface area contributed by atoms with Crippen LogP contribution in [0.15, 0.2) is 0 Å². The van der Waals surface area contributed by atoms with Crippen molar-refractivity contribution >= 4 is 24.2 Å². The second kappa shape index (κ2) is 3.91. The van der Waals surface area contributed by atoms with Gasteiger partial charge in [-0.3, -0.25) is 0 Å². The van der Waals surface area contributed by atoms with Crippen LogP contribution in [0.2, 0.25) is 4.48 Å². The van der Waals surface area contributed by atoms with E-state index >= 15 is 0 Å². The summed E-state index contributed by atoms with van der Waals surface area (Å²) in [5, 5.41) is 0. The first-order valence-corrected chi connectivity index (χ1v) is 9.89. The summed E-state index contributed by atoms with van der Waals surface area (Å²) in [6, 6.07) is 0. The van der Waals surface area contributed by atoms with Crippen molar-refractivity contribution in [3.63, 3.8) is 0 Å². The molecule has 0 aromatic carbocycles. The summed E-state index contributed by atoms with van der Waals surface area (Å²) < 4.78 is 3.48. The molecule has 1 heterocycles. The van der Waals surface area contributed by atoms with Crippen LogP contribution in [-0.2, 0) is 0 Å². The van der Waals surface area contributed by atoms with E-state index in [0.29, 0.717) is 0 Å². The van der Waals surface area contributed by atoms with Crippen LogP contribution in [0.1, 0.15) is 19.8 Å². The van der Waals surface area contributed by atoms with Crippen molar-refractivity contribution in [2.24, 2.45) is 0 Å². The SMILES string of the molecule is [CH3][Pb][CH](C)N1CCCC1. The summed E-state index contributed by atoms with van der Waals surface area (Å²) >= 11 is -0.193. The van der Waals surface area contributed by atoms with Crippen molar-refractivity contribution in [2.75, 3.05) is 13.1 Å². The first kappa shape index (κ1) is 7.98. The van der Waals surface area contributed by atoms with E-state index in [4.69, 9.17) is 0 Å². The van der Waals surface area contributed by atoms with E-state index in [-0.39, 0.29) is 24.2 Å². The van der Waals surface area contributed by atoms with Gasteiger partial charge in [0.25, 0.3) is 0 Å². The molecule has 52 valence electrons. The average Bonchev–Trinajstić information content (AvgIpc) is 2.37. The molecule has 1 fully saturated rings. The third-order valence-corrected chi connectivity index (χ3v) is 6.77. The minimum atomic E-state index is -0.193. The molecule has 1 unspecified atom stereocenters. The Labute approximate surface area is 70.0 Å². The average molecular weight is 320 g/mol. The molecule has 2 radical (unpaired) electrons. The molecule has 1 nitrogen and oxygen atoms in total. The quantitative estimate of drug-likeness (QED) is 0.691. The fourth-order valence-corrected chi connectivity index (χ4v) is 3.73. The fraction of sp³-hybridized carbons (Fsp3) is 1.00. The van der Waals surface area contributed by atoms with Gasteiger partial charge in [-0.25, -0.2) is 0 Å². The molecule has 2 heteroatoms. The maximum atomic E-state index is 2.67. The molecule has 0 aromatic heterocycles. The zero-order chi connectivity index (χ0) is 6.69. The van der Waals surface area contributed by atoms with Gasteiger partial charge in [-0.1, -0.05) is 0 Å². The Kier molecular flexibility index (Phi) is 3.47. The predicted octanol–water partition coefficient (Wildman–Crippen LogP) is 1.18. The van der Waals surface area contributed by atoms with Crippen LogP contribution in [0.3, 0.4) is 0 Å². The van der Waals surface area contributed by atoms with Gasteiger partial charge in [0.2, 0.25) is 0 Å². The summed E-state index contributed by atoms with van der Waals surface area (Å²) in [6.07, 6.45) is 2.90. The van der Waals surface area contributed by atoms with E-state index in [1.807, 2.05) is 0 Å². The molecule has 0 spiro atoms. The molecule has 1 aliphatic heterocycles. The van der Waals surface area contributed by atoms with Crippen LogP contribution >= 0.6 is 0 Å². The summed E-state index contributed by atoms with van der Waals surface area (Å²) in [6.45, 7) is 5.19. The Morgan fingerprint density at radius 2 is 1.89 bits per heavy atom. The molecule has 0 N–H and O–H groups in total. The van der Waals surface area contributed by atoms with Crippen molar-refractivity contribution in [3.8, 4) is 0 Å². The van der Waals surface area contributed by atoms with E-state index in [1.165, 1.54) is 25.9 Å². The molecule has 1 aliphatic rings. The van der Waals surface area contributed by atoms with Crippen LogP contribution in [0.5, 0.6) is 0 Å². The van der Waals surface area contributed by atoms with E-state index in [9.17, 15) is 0 Å². The van der Waals surface area contributed by atoms with Gasteiger partial charge in [0.15, 0.2) is 0 Å². The summed E-state index contributed by atoms with van der Waals surface area (Å²) in [7, 11) is 0. The monoisotopic (exact) mass is 321 g/mol. The van der Waals surface area contributed by atoms with Gasteiger partial charge in [0.05, 0.1) is 0 Å². The molecular weight excluding hydrogens is 305 g/mol. The van der Waals surface area contributed by atoms with E-state index in [1.54, 1.807) is 0 Å². The third-order valence-electron chi connectivity index (χ3n) is 2.11. The molecule has 0 saturated carbocycles. The van der Waals surface area contributed by atoms with Crippen LogP contribution in [0, 0.1) is 0 Å². The Morgan fingerprint density at radius 3 is 2.33 bits per heavy atom. The second-order valence-corrected chi connectivity index (χ2v) is 8.20. The number of hydrogen-bond donors (Lipinski definition) is 0. The predicted molar refractivity (Wildman–Crippen MR) is 41.9 cm³/mol. The molecule has 0 aliphatic carbocycles. The zero-order valence-corrected chi connectivity index (χ0v) is 10.2. The molecule has 1 saturated heterocycles. The van der Waals surface area contributed by atoms with Crippen LogP contribution in [0.4, 0.5) is 0 Å². The van der Waals surface area contributed by atoms with Crippen LogP contribution < -0.4 is 0 Å². The zero-order valence-electron chi connectivity index (χ0n) is 6.35. The Bertz CT molecular complexity index is 79.0. The summed E-state index contributed by atoms with van der Waals surface area (Å²) in [4.78, 5) is 2.67. The normalized spacial score (nSPS) is 24.7. The Morgan fingerprint density at radius 1 is 1.33 bits per heavy atom. The van der Waals surface area contributed by atoms with Crippen LogP contribution in [-0.4, -0.2) is 45.8 Å². The Balaban J connectivity index is 2.24. The van der Waals surface area contributed by atoms with E-state index in [0.717, 1.165) is 3.60 Å². The first-order valence-electron chi connectivity index (χ1n) is 3.76. The van der Waals surface area contributed by atoms with Gasteiger partial charge in [0.1, 0.15) is 0 Å². The third kappa shape index (κ3) is 2.18. The van der Waals surface area contributed by atoms with Gasteiger partial charge in [-0.15, -0.1) is 0 Å². The fourth-order valence-electron chi connectivity index (χ4n) is 1.31. The minimum absolute atomic E-state index is 0.193. The Hall–Kier alpha value is 0.882. The second-order valence-electron chi connectivity index (χ2n) is 2.71. The number of nitrogens with zero attached hydrogens (tertiary/aromatic N) is 1. The molecular formula is C7H15NPb. The molecule has 1 rings (SSSR count). The van der Waals surface area contributed by atoms with Crippen molar-refractivity contribution in [2.45, 2.75) is 27.8 Å². The first-order chi connectivity index (χ1) is 4.34.